The number of sulfonamides is 1. The molecule has 8 nitrogen and oxygen atoms in total. The molecule has 0 aliphatic carbocycles. The molecule has 1 saturated heterocycles. The number of morpholine rings is 1. The summed E-state index contributed by atoms with van der Waals surface area (Å²) in [6.07, 6.45) is 1.66. The second-order valence-electron chi connectivity index (χ2n) is 7.92. The molecular weight excluding hydrogens is 466 g/mol. The molecule has 1 fully saturated rings. The average molecular weight is 490 g/mol. The van der Waals surface area contributed by atoms with E-state index in [0.717, 1.165) is 0 Å². The number of ether oxygens (including phenoxy) is 2. The summed E-state index contributed by atoms with van der Waals surface area (Å²) in [6, 6.07) is 22.4. The van der Waals surface area contributed by atoms with Crippen molar-refractivity contribution in [1.29, 1.82) is 0 Å². The summed E-state index contributed by atoms with van der Waals surface area (Å²) >= 11 is 0. The van der Waals surface area contributed by atoms with Crippen molar-refractivity contribution in [3.05, 3.63) is 90.6 Å². The van der Waals surface area contributed by atoms with Crippen LogP contribution in [0, 0.1) is 0 Å². The lowest BCUT2D eigenvalue weighted by Crippen LogP contribution is -2.40. The zero-order chi connectivity index (χ0) is 24.3. The van der Waals surface area contributed by atoms with Gasteiger partial charge in [-0.15, -0.1) is 0 Å². The lowest BCUT2D eigenvalue weighted by molar-refractivity contribution is 0.0730. The van der Waals surface area contributed by atoms with Crippen LogP contribution < -0.4 is 10.1 Å². The van der Waals surface area contributed by atoms with Gasteiger partial charge in [-0.25, -0.2) is 8.42 Å². The standard InChI is InChI=1S/C26H23N3O5S/c30-26(22-8-4-10-23-21(22)9-5-13-27-23)28-24-18-20(35(31,32)29-14-16-33-17-15-29)11-12-25(24)34-19-6-2-1-3-7-19/h1-13,18H,14-17H2,(H,28,30). The highest BCUT2D eigenvalue weighted by Crippen LogP contribution is 2.33. The molecule has 0 radical (unpaired) electrons. The van der Waals surface area contributed by atoms with Gasteiger partial charge in [0.05, 0.1) is 29.3 Å². The van der Waals surface area contributed by atoms with Crippen molar-refractivity contribution in [3.8, 4) is 11.5 Å². The fourth-order valence-corrected chi connectivity index (χ4v) is 5.33. The SMILES string of the molecule is O=C(Nc1cc(S(=O)(=O)N2CCOCC2)ccc1Oc1ccccc1)c1cccc2ncccc12. The fraction of sp³-hybridized carbons (Fsp3) is 0.154. The Morgan fingerprint density at radius 2 is 1.74 bits per heavy atom. The third kappa shape index (κ3) is 4.88. The van der Waals surface area contributed by atoms with Crippen LogP contribution in [-0.4, -0.2) is 49.9 Å². The number of rotatable bonds is 6. The maximum Gasteiger partial charge on any atom is 0.256 e. The van der Waals surface area contributed by atoms with Crippen LogP contribution in [0.5, 0.6) is 11.5 Å². The van der Waals surface area contributed by atoms with E-state index in [1.807, 2.05) is 30.3 Å². The van der Waals surface area contributed by atoms with Gasteiger partial charge in [-0.2, -0.15) is 4.31 Å². The molecule has 1 aliphatic heterocycles. The molecule has 0 unspecified atom stereocenters. The van der Waals surface area contributed by atoms with Crippen LogP contribution in [-0.2, 0) is 14.8 Å². The highest BCUT2D eigenvalue weighted by molar-refractivity contribution is 7.89. The first-order valence-corrected chi connectivity index (χ1v) is 12.6. The van der Waals surface area contributed by atoms with Crippen LogP contribution in [0.25, 0.3) is 10.9 Å². The summed E-state index contributed by atoms with van der Waals surface area (Å²) in [6.45, 7) is 1.23. The zero-order valence-electron chi connectivity index (χ0n) is 18.8. The lowest BCUT2D eigenvalue weighted by atomic mass is 10.1. The Morgan fingerprint density at radius 1 is 0.943 bits per heavy atom. The van der Waals surface area contributed by atoms with Gasteiger partial charge in [0.2, 0.25) is 10.0 Å². The molecule has 35 heavy (non-hydrogen) atoms. The van der Waals surface area contributed by atoms with Gasteiger partial charge in [-0.1, -0.05) is 30.3 Å². The summed E-state index contributed by atoms with van der Waals surface area (Å²) in [4.78, 5) is 17.7. The summed E-state index contributed by atoms with van der Waals surface area (Å²) in [5, 5.41) is 3.55. The Bertz CT molecular complexity index is 1460. The molecule has 178 valence electrons. The third-order valence-electron chi connectivity index (χ3n) is 5.67. The number of nitrogens with one attached hydrogen (secondary N) is 1. The maximum atomic E-state index is 13.3. The van der Waals surface area contributed by atoms with Crippen LogP contribution in [0.2, 0.25) is 0 Å². The van der Waals surface area contributed by atoms with Gasteiger partial charge in [0.15, 0.2) is 5.75 Å². The molecule has 5 rings (SSSR count). The number of anilines is 1. The second-order valence-corrected chi connectivity index (χ2v) is 9.86. The Labute approximate surface area is 203 Å². The third-order valence-corrected chi connectivity index (χ3v) is 7.56. The van der Waals surface area contributed by atoms with Crippen molar-refractivity contribution in [2.45, 2.75) is 4.90 Å². The highest BCUT2D eigenvalue weighted by atomic mass is 32.2. The minimum Gasteiger partial charge on any atom is -0.455 e. The van der Waals surface area contributed by atoms with E-state index in [4.69, 9.17) is 9.47 Å². The van der Waals surface area contributed by atoms with Gasteiger partial charge in [0.1, 0.15) is 5.75 Å². The molecule has 1 aliphatic rings. The Morgan fingerprint density at radius 3 is 2.54 bits per heavy atom. The molecule has 0 saturated carbocycles. The molecular formula is C26H23N3O5S. The number of fused-ring (bicyclic) bond motifs is 1. The first-order valence-electron chi connectivity index (χ1n) is 11.1. The average Bonchev–Trinajstić information content (AvgIpc) is 2.90. The van der Waals surface area contributed by atoms with E-state index in [1.165, 1.54) is 16.4 Å². The monoisotopic (exact) mass is 489 g/mol. The Kier molecular flexibility index (Phi) is 6.45. The molecule has 0 bridgehead atoms. The number of para-hydroxylation sites is 1. The molecule has 3 aromatic carbocycles. The number of amides is 1. The molecule has 0 spiro atoms. The fourth-order valence-electron chi connectivity index (χ4n) is 3.90. The van der Waals surface area contributed by atoms with Gasteiger partial charge in [-0.05, 0) is 48.5 Å². The van der Waals surface area contributed by atoms with Crippen molar-refractivity contribution in [2.75, 3.05) is 31.6 Å². The normalized spacial score (nSPS) is 14.5. The van der Waals surface area contributed by atoms with E-state index in [-0.39, 0.29) is 23.7 Å². The van der Waals surface area contributed by atoms with E-state index < -0.39 is 15.9 Å². The number of pyridine rings is 1. The number of hydrogen-bond acceptors (Lipinski definition) is 6. The van der Waals surface area contributed by atoms with E-state index in [1.54, 1.807) is 42.6 Å². The first-order chi connectivity index (χ1) is 17.0. The van der Waals surface area contributed by atoms with Crippen LogP contribution in [0.3, 0.4) is 0 Å². The van der Waals surface area contributed by atoms with Crippen molar-refractivity contribution >= 4 is 32.5 Å². The Balaban J connectivity index is 1.53. The molecule has 0 atom stereocenters. The largest absolute Gasteiger partial charge is 0.455 e. The molecule has 1 amide bonds. The van der Waals surface area contributed by atoms with Crippen molar-refractivity contribution in [2.24, 2.45) is 0 Å². The molecule has 9 heteroatoms. The zero-order valence-corrected chi connectivity index (χ0v) is 19.6. The maximum absolute atomic E-state index is 13.3. The first kappa shape index (κ1) is 23.0. The van der Waals surface area contributed by atoms with Crippen LogP contribution >= 0.6 is 0 Å². The number of nitrogens with zero attached hydrogens (tertiary/aromatic N) is 2. The molecule has 4 aromatic rings. The van der Waals surface area contributed by atoms with Crippen LogP contribution in [0.1, 0.15) is 10.4 Å². The number of benzene rings is 3. The summed E-state index contributed by atoms with van der Waals surface area (Å²) < 4.78 is 39.2. The van der Waals surface area contributed by atoms with E-state index >= 15 is 0 Å². The number of aromatic nitrogens is 1. The van der Waals surface area contributed by atoms with Crippen molar-refractivity contribution in [1.82, 2.24) is 9.29 Å². The molecule has 2 heterocycles. The van der Waals surface area contributed by atoms with Gasteiger partial charge in [-0.3, -0.25) is 9.78 Å². The molecule has 1 aromatic heterocycles. The minimum atomic E-state index is -3.77. The topological polar surface area (TPSA) is 97.8 Å². The predicted octanol–water partition coefficient (Wildman–Crippen LogP) is 4.30. The Hall–Kier alpha value is -3.79. The van der Waals surface area contributed by atoms with Crippen LogP contribution in [0.15, 0.2) is 90.0 Å². The minimum absolute atomic E-state index is 0.0645. The quantitative estimate of drug-likeness (QED) is 0.434. The van der Waals surface area contributed by atoms with Gasteiger partial charge in [0, 0.05) is 30.2 Å². The summed E-state index contributed by atoms with van der Waals surface area (Å²) in [5.74, 6) is 0.479. The van der Waals surface area contributed by atoms with E-state index in [0.29, 0.717) is 41.2 Å². The number of hydrogen-bond donors (Lipinski definition) is 1. The second kappa shape index (κ2) is 9.83. The summed E-state index contributed by atoms with van der Waals surface area (Å²) in [7, 11) is -3.77. The smallest absolute Gasteiger partial charge is 0.256 e. The van der Waals surface area contributed by atoms with Crippen molar-refractivity contribution in [3.63, 3.8) is 0 Å². The lowest BCUT2D eigenvalue weighted by Gasteiger charge is -2.26. The van der Waals surface area contributed by atoms with Crippen molar-refractivity contribution < 1.29 is 22.7 Å². The van der Waals surface area contributed by atoms with Gasteiger partial charge < -0.3 is 14.8 Å². The number of carbonyl (C=O) groups excluding carboxylic acids is 1. The van der Waals surface area contributed by atoms with Gasteiger partial charge in [0.25, 0.3) is 5.91 Å². The van der Waals surface area contributed by atoms with Gasteiger partial charge >= 0.3 is 0 Å². The highest BCUT2D eigenvalue weighted by Gasteiger charge is 2.27. The van der Waals surface area contributed by atoms with E-state index in [9.17, 15) is 13.2 Å². The van der Waals surface area contributed by atoms with Crippen LogP contribution in [0.4, 0.5) is 5.69 Å². The molecule has 1 N–H and O–H groups in total. The number of carbonyl (C=O) groups is 1. The predicted molar refractivity (Wildman–Crippen MR) is 132 cm³/mol. The van der Waals surface area contributed by atoms with E-state index in [2.05, 4.69) is 10.3 Å². The summed E-state index contributed by atoms with van der Waals surface area (Å²) in [5.41, 5.74) is 1.35.